The maximum absolute atomic E-state index is 10.4. The highest BCUT2D eigenvalue weighted by atomic mass is 127. The number of aliphatic imine (C=N–C) groups is 5. The molecule has 0 spiro atoms. The Morgan fingerprint density at radius 1 is 0.405 bits per heavy atom. The van der Waals surface area contributed by atoms with Gasteiger partial charge in [-0.3, -0.25) is 0 Å². The Balaban J connectivity index is 0.000000194. The summed E-state index contributed by atoms with van der Waals surface area (Å²) in [6.07, 6.45) is 27.4. The number of aliphatic hydroxyl groups excluding tert-OH is 12. The number of H-pyrrole nitrogens is 1. The number of hydrogen-bond acceptors (Lipinski definition) is 36. The zero-order valence-electron chi connectivity index (χ0n) is 78.1. The number of aromatic nitrogens is 1. The van der Waals surface area contributed by atoms with Gasteiger partial charge in [0.2, 0.25) is 0 Å². The molecule has 12 aliphatic heterocycles. The number of guanidine groups is 1. The van der Waals surface area contributed by atoms with Gasteiger partial charge in [0.1, 0.15) is 137 Å². The number of nitrogens with zero attached hydrogens (tertiary/aromatic N) is 12. The predicted octanol–water partition coefficient (Wildman–Crippen LogP) is 1.29. The lowest BCUT2D eigenvalue weighted by atomic mass is 9.99. The molecule has 6 saturated heterocycles. The Labute approximate surface area is 785 Å². The lowest BCUT2D eigenvalue weighted by Gasteiger charge is -2.31. The fourth-order valence-corrected chi connectivity index (χ4v) is 21.3. The maximum atomic E-state index is 10.4. The molecule has 0 aromatic carbocycles. The van der Waals surface area contributed by atoms with Crippen molar-refractivity contribution in [2.24, 2.45) is 63.7 Å². The van der Waals surface area contributed by atoms with Crippen LogP contribution in [0.15, 0.2) is 161 Å². The van der Waals surface area contributed by atoms with Crippen molar-refractivity contribution in [1.29, 1.82) is 0 Å². The second kappa shape index (κ2) is 45.5. The fraction of sp³-hybridized carbons (Fsp3) is 0.575. The zero-order chi connectivity index (χ0) is 98.3. The Kier molecular flexibility index (Phi) is 38.3. The van der Waals surface area contributed by atoms with Crippen molar-refractivity contribution >= 4 is 143 Å². The number of nitrogens with one attached hydrogen (secondary N) is 2. The highest BCUT2D eigenvalue weighted by Crippen LogP contribution is 2.46. The third kappa shape index (κ3) is 30.7. The van der Waals surface area contributed by atoms with Crippen LogP contribution in [-0.2, 0) is 28.4 Å². The number of amidine groups is 4. The largest absolute Gasteiger partial charge is 0.388 e. The standard InChI is InChI=1S/C17H26N3O3P.C15H26N3O3P.C14H23IN3O3P.2C14H24N3O3P.C13H23N4O3P/c1-10-8-12-9-20(11(2)19-16(12)18-10)17-15(22)14(21)13(23-17)6-7-24(3,4)5;1-9-8-18(10(2)17-14(9)16)15-13(20)12(19)11(21-15)6-7-22(3,4)5;1-8-17-13(16)9(15)7-18(8)14-12(20)11(19)10(21-14)5-6-22(2,3)4;1-9-16-11(15)5-7-17(9)14-13(19)12(18)10(20-14)6-8-21(2,3)4;1-8-9(7-16-14(15)17-8)13-12(19)11(18)10(20-13)5-6-21(2,3)4;1-8-16-10(14)7-15-17(8)13-12(19)11(18)9(20-13)5-6-21(2,3)4/h8-9,13-15,17,21-22H,2-3,6-7H2,1,4-5H3,(H,18,19);8,11-13,15,19-20H,2-3,6-7H2,1,4-5H3,(H2,16,17);7,10-12,14,19-20H,1-2,5-6H2,3-4H3,(H2,16,17);5,7,10,12-14,18-19H,1-2,6,8H2,3-4H3,(H2,15,16);7,10-13,18-19H,1-2,5-6H2,3-4H3,(H3,15,16,17);7,9,11-13,18-19H,1-2,5-6H2,3-4H3,(H2,14,16)/t13?,14-,15-,17?;11?,12-,13-,15?;10?,11-,12-,14?;10?,12-,13-,14?;10?,11-,12-,13?;9?,11-,12-,13?/m111111/s1. The molecule has 734 valence electrons. The highest BCUT2D eigenvalue weighted by Gasteiger charge is 2.52. The number of ether oxygens (including phenoxy) is 6. The molecule has 12 unspecified atom stereocenters. The Morgan fingerprint density at radius 2 is 0.740 bits per heavy atom. The molecule has 13 heterocycles. The summed E-state index contributed by atoms with van der Waals surface area (Å²) in [5.74, 6) is 3.54. The van der Waals surface area contributed by atoms with Crippen molar-refractivity contribution in [3.05, 3.63) is 142 Å². The van der Waals surface area contributed by atoms with Crippen molar-refractivity contribution in [3.63, 3.8) is 0 Å². The molecule has 37 nitrogen and oxygen atoms in total. The van der Waals surface area contributed by atoms with E-state index in [2.05, 4.69) is 225 Å². The van der Waals surface area contributed by atoms with E-state index in [4.69, 9.17) is 57.1 Å². The minimum atomic E-state index is -1.21. The summed E-state index contributed by atoms with van der Waals surface area (Å²) in [6.45, 7) is 45.2. The third-order valence-corrected chi connectivity index (χ3v) is 32.3. The number of hydrogen-bond donors (Lipinski definition) is 19. The van der Waals surface area contributed by atoms with Crippen molar-refractivity contribution in [2.75, 3.05) is 117 Å². The molecule has 0 bridgehead atoms. The van der Waals surface area contributed by atoms with Crippen LogP contribution in [0.1, 0.15) is 51.1 Å². The third-order valence-electron chi connectivity index (χ3n) is 22.7. The highest BCUT2D eigenvalue weighted by molar-refractivity contribution is 14.1. The SMILES string of the molecule is C=C1N=C(N)C(C)=CN1C1OC(CCP(=C)(C)C)[C@@H](O)[C@H]1O.C=C1N=C(N)C(I)=CN1C1OC(CCP(=C)(C)C)[C@@H](O)[C@H]1O.C=C1N=C(N)C=CN1C1OC(CCP(=C)(C)C)[C@@H](O)[C@H]1O.C=C1N=C(N)C=NN1C1OC(CCP(=C)(C)C)[C@@H](O)[C@H]1O.C=C1N=c2[nH]c(C)cc2=CN1C1OC(CCP(=C)(C)C)[C@@H](O)[C@H]1O.C=C1NC(N)=NC=C1C1OC(CCP(=C)(C)C)[C@@H](O)[C@H]1O. The minimum absolute atomic E-state index is 0.240. The van der Waals surface area contributed by atoms with E-state index in [1.807, 2.05) is 26.1 Å². The first-order chi connectivity index (χ1) is 60.4. The molecular weight excluding hydrogens is 1910 g/mol. The van der Waals surface area contributed by atoms with Gasteiger partial charge in [0, 0.05) is 58.8 Å². The van der Waals surface area contributed by atoms with Crippen LogP contribution in [-0.4, -0.2) is 428 Å². The molecule has 131 heavy (non-hydrogen) atoms. The van der Waals surface area contributed by atoms with E-state index in [0.29, 0.717) is 90.6 Å². The molecule has 1 aromatic heterocycles. The second-order valence-corrected chi connectivity index (χ2v) is 65.7. The van der Waals surface area contributed by atoms with Crippen molar-refractivity contribution in [2.45, 2.75) is 199 Å². The Bertz CT molecular complexity index is 4940. The molecule has 24 N–H and O–H groups in total. The van der Waals surface area contributed by atoms with Gasteiger partial charge in [0.05, 0.1) is 46.4 Å². The van der Waals surface area contributed by atoms with Gasteiger partial charge < -0.3 is 148 Å². The van der Waals surface area contributed by atoms with Gasteiger partial charge in [-0.25, -0.2) is 35.0 Å². The average Bonchev–Trinajstić information content (AvgIpc) is 1.72. The van der Waals surface area contributed by atoms with Gasteiger partial charge in [0.15, 0.2) is 37.1 Å². The quantitative estimate of drug-likeness (QED) is 0.0512. The number of aryl methyl sites for hydroxylation is 1. The van der Waals surface area contributed by atoms with Gasteiger partial charge in [-0.2, -0.15) is 5.10 Å². The number of nitrogens with two attached hydrogens (primary N) is 5. The number of aliphatic hydroxyl groups is 12. The van der Waals surface area contributed by atoms with Gasteiger partial charge in [-0.15, -0.1) is 79.1 Å². The monoisotopic (exact) mass is 2060 g/mol. The van der Waals surface area contributed by atoms with Crippen LogP contribution < -0.4 is 44.7 Å². The molecule has 44 heteroatoms. The normalized spacial score (nSPS) is 32.6. The maximum Gasteiger partial charge on any atom is 0.197 e. The Morgan fingerprint density at radius 3 is 1.13 bits per heavy atom. The molecule has 0 amide bonds. The first-order valence-corrected chi connectivity index (χ1v) is 62.2. The molecule has 1 aromatic rings. The van der Waals surface area contributed by atoms with Crippen LogP contribution >= 0.6 is 63.9 Å². The smallest absolute Gasteiger partial charge is 0.197 e. The summed E-state index contributed by atoms with van der Waals surface area (Å²) in [7, 11) is 0. The first-order valence-electron chi connectivity index (χ1n) is 42.8. The Hall–Kier alpha value is -6.02. The van der Waals surface area contributed by atoms with E-state index < -0.39 is 188 Å². The van der Waals surface area contributed by atoms with Crippen molar-refractivity contribution < 1.29 is 89.7 Å². The van der Waals surface area contributed by atoms with E-state index >= 15 is 0 Å². The number of fused-ring (bicyclic) bond motifs is 1. The summed E-state index contributed by atoms with van der Waals surface area (Å²) in [6, 6.07) is 1.98. The van der Waals surface area contributed by atoms with Gasteiger partial charge in [-0.1, -0.05) is 39.5 Å². The van der Waals surface area contributed by atoms with Crippen LogP contribution in [0.3, 0.4) is 0 Å². The average molecular weight is 2060 g/mol. The van der Waals surface area contributed by atoms with Crippen molar-refractivity contribution in [3.8, 4) is 0 Å². The van der Waals surface area contributed by atoms with Crippen LogP contribution in [0.4, 0.5) is 0 Å². The molecule has 13 rings (SSSR count). The van der Waals surface area contributed by atoms with Crippen LogP contribution in [0.2, 0.25) is 0 Å². The van der Waals surface area contributed by atoms with E-state index in [1.54, 1.807) is 44.3 Å². The van der Waals surface area contributed by atoms with E-state index in [9.17, 15) is 61.3 Å². The molecule has 12 aliphatic rings. The summed E-state index contributed by atoms with van der Waals surface area (Å²) in [5, 5.41) is 132. The molecule has 0 saturated carbocycles. The van der Waals surface area contributed by atoms with Crippen LogP contribution in [0, 0.1) is 6.92 Å². The fourth-order valence-electron chi connectivity index (χ4n) is 15.1. The lowest BCUT2D eigenvalue weighted by Crippen LogP contribution is -2.44. The number of hydrazone groups is 1. The molecule has 6 fully saturated rings. The summed E-state index contributed by atoms with van der Waals surface area (Å²) < 4.78 is 35.9. The van der Waals surface area contributed by atoms with E-state index in [1.165, 1.54) is 17.4 Å². The summed E-state index contributed by atoms with van der Waals surface area (Å²) in [5.41, 5.74) is 31.8. The van der Waals surface area contributed by atoms with Gasteiger partial charge in [0.25, 0.3) is 0 Å². The number of aromatic amines is 1. The van der Waals surface area contributed by atoms with Crippen LogP contribution in [0.25, 0.3) is 6.20 Å². The van der Waals surface area contributed by atoms with Crippen molar-refractivity contribution in [1.82, 2.24) is 34.9 Å². The number of rotatable bonds is 24. The van der Waals surface area contributed by atoms with E-state index in [-0.39, 0.29) is 17.6 Å². The van der Waals surface area contributed by atoms with Gasteiger partial charge in [-0.05, 0) is 204 Å². The van der Waals surface area contributed by atoms with Crippen LogP contribution in [0.5, 0.6) is 0 Å². The van der Waals surface area contributed by atoms with E-state index in [0.717, 1.165) is 62.5 Å². The topological polar surface area (TPSA) is 559 Å². The first kappa shape index (κ1) is 110. The molecule has 0 radical (unpaired) electrons. The summed E-state index contributed by atoms with van der Waals surface area (Å²) >= 11 is 2.06. The lowest BCUT2D eigenvalue weighted by molar-refractivity contribution is -0.0749. The number of halogens is 1. The predicted molar refractivity (Wildman–Crippen MR) is 554 cm³/mol. The zero-order valence-corrected chi connectivity index (χ0v) is 85.6. The second-order valence-electron chi connectivity index (χ2n) is 38.7. The molecule has 0 aliphatic carbocycles. The molecular formula is C87H146IN19O18P6. The minimum Gasteiger partial charge on any atom is -0.388 e. The molecule has 24 atom stereocenters. The van der Waals surface area contributed by atoms with Gasteiger partial charge >= 0.3 is 0 Å². The summed E-state index contributed by atoms with van der Waals surface area (Å²) in [4.78, 5) is 34.4.